The molecule has 2 aromatic rings. The summed E-state index contributed by atoms with van der Waals surface area (Å²) < 4.78 is 12.4. The molecule has 1 unspecified atom stereocenters. The Bertz CT molecular complexity index is 697. The van der Waals surface area contributed by atoms with Crippen molar-refractivity contribution in [3.05, 3.63) is 36.2 Å². The van der Waals surface area contributed by atoms with E-state index in [1.54, 1.807) is 11.8 Å². The fraction of sp³-hybridized carbons (Fsp3) is 0.438. The van der Waals surface area contributed by atoms with Gasteiger partial charge < -0.3 is 20.1 Å². The maximum absolute atomic E-state index is 6.06. The molecule has 1 aliphatic rings. The number of hydrogen-bond donors (Lipinski definition) is 1. The van der Waals surface area contributed by atoms with Crippen molar-refractivity contribution in [2.24, 2.45) is 10.7 Å². The third kappa shape index (κ3) is 3.83. The molecule has 0 saturated carbocycles. The van der Waals surface area contributed by atoms with E-state index in [4.69, 9.17) is 15.2 Å². The molecule has 0 bridgehead atoms. The lowest BCUT2D eigenvalue weighted by molar-refractivity contribution is 0.00528. The number of methoxy groups -OCH3 is 1. The Morgan fingerprint density at radius 3 is 2.92 bits per heavy atom. The molecule has 2 N–H and O–H groups in total. The first-order chi connectivity index (χ1) is 11.7. The number of nitrogens with two attached hydrogens (primary N) is 1. The lowest BCUT2D eigenvalue weighted by Crippen LogP contribution is -2.47. The molecule has 0 spiro atoms. The molecule has 2 heterocycles. The second kappa shape index (κ2) is 7.31. The highest BCUT2D eigenvalue weighted by atomic mass is 16.5. The molecule has 1 saturated heterocycles. The third-order valence-electron chi connectivity index (χ3n) is 3.85. The summed E-state index contributed by atoms with van der Waals surface area (Å²) in [6.07, 6.45) is 2.02. The zero-order chi connectivity index (χ0) is 16.9. The summed E-state index contributed by atoms with van der Waals surface area (Å²) in [6, 6.07) is 7.60. The van der Waals surface area contributed by atoms with Gasteiger partial charge >= 0.3 is 0 Å². The van der Waals surface area contributed by atoms with Gasteiger partial charge in [0.05, 0.1) is 38.2 Å². The Morgan fingerprint density at radius 1 is 1.42 bits per heavy atom. The number of guanidine groups is 1. The lowest BCUT2D eigenvalue weighted by atomic mass is 10.3. The van der Waals surface area contributed by atoms with E-state index in [-0.39, 0.29) is 6.10 Å². The lowest BCUT2D eigenvalue weighted by Gasteiger charge is -2.31. The van der Waals surface area contributed by atoms with Crippen LogP contribution in [0, 0.1) is 0 Å². The Kier molecular flexibility index (Phi) is 4.95. The summed E-state index contributed by atoms with van der Waals surface area (Å²) in [5, 5.41) is 8.27. The zero-order valence-corrected chi connectivity index (χ0v) is 13.9. The first-order valence-corrected chi connectivity index (χ1v) is 7.88. The van der Waals surface area contributed by atoms with Crippen molar-refractivity contribution in [3.8, 4) is 11.4 Å². The largest absolute Gasteiger partial charge is 0.497 e. The van der Waals surface area contributed by atoms with E-state index in [9.17, 15) is 0 Å². The van der Waals surface area contributed by atoms with Gasteiger partial charge in [0, 0.05) is 13.1 Å². The molecule has 8 heteroatoms. The maximum atomic E-state index is 6.06. The van der Waals surface area contributed by atoms with Crippen molar-refractivity contribution in [1.82, 2.24) is 19.9 Å². The summed E-state index contributed by atoms with van der Waals surface area (Å²) in [5.41, 5.74) is 7.73. The zero-order valence-electron chi connectivity index (χ0n) is 13.9. The second-order valence-electron chi connectivity index (χ2n) is 5.65. The minimum atomic E-state index is 0.170. The monoisotopic (exact) mass is 330 g/mol. The van der Waals surface area contributed by atoms with Crippen LogP contribution in [0.1, 0.15) is 12.6 Å². The van der Waals surface area contributed by atoms with Crippen molar-refractivity contribution < 1.29 is 9.47 Å². The highest BCUT2D eigenvalue weighted by Crippen LogP contribution is 2.14. The van der Waals surface area contributed by atoms with Crippen LogP contribution in [-0.4, -0.2) is 58.8 Å². The minimum absolute atomic E-state index is 0.170. The van der Waals surface area contributed by atoms with E-state index < -0.39 is 0 Å². The fourth-order valence-corrected chi connectivity index (χ4v) is 2.52. The Balaban J connectivity index is 1.63. The number of rotatable bonds is 4. The molecule has 1 aromatic carbocycles. The van der Waals surface area contributed by atoms with Gasteiger partial charge in [0.1, 0.15) is 11.4 Å². The van der Waals surface area contributed by atoms with Crippen LogP contribution < -0.4 is 10.5 Å². The van der Waals surface area contributed by atoms with Crippen molar-refractivity contribution in [3.63, 3.8) is 0 Å². The van der Waals surface area contributed by atoms with Gasteiger partial charge in [-0.3, -0.25) is 0 Å². The quantitative estimate of drug-likeness (QED) is 0.659. The highest BCUT2D eigenvalue weighted by Gasteiger charge is 2.18. The Morgan fingerprint density at radius 2 is 2.21 bits per heavy atom. The number of morpholine rings is 1. The number of aromatic nitrogens is 3. The van der Waals surface area contributed by atoms with Crippen LogP contribution in [-0.2, 0) is 11.3 Å². The molecule has 1 aromatic heterocycles. The normalized spacial score (nSPS) is 18.7. The van der Waals surface area contributed by atoms with E-state index in [1.165, 1.54) is 0 Å². The van der Waals surface area contributed by atoms with E-state index >= 15 is 0 Å². The molecule has 128 valence electrons. The van der Waals surface area contributed by atoms with E-state index in [0.29, 0.717) is 19.1 Å². The molecule has 8 nitrogen and oxygen atoms in total. The topological polar surface area (TPSA) is 90.8 Å². The van der Waals surface area contributed by atoms with Gasteiger partial charge in [0.25, 0.3) is 0 Å². The maximum Gasteiger partial charge on any atom is 0.191 e. The molecule has 0 amide bonds. The number of aliphatic imine (C=N–C) groups is 1. The van der Waals surface area contributed by atoms with Crippen LogP contribution in [0.3, 0.4) is 0 Å². The van der Waals surface area contributed by atoms with Gasteiger partial charge in [-0.05, 0) is 31.2 Å². The first kappa shape index (κ1) is 16.3. The summed E-state index contributed by atoms with van der Waals surface area (Å²) in [7, 11) is 1.64. The summed E-state index contributed by atoms with van der Waals surface area (Å²) in [4.78, 5) is 6.45. The van der Waals surface area contributed by atoms with Crippen molar-refractivity contribution in [1.29, 1.82) is 0 Å². The standard InChI is InChI=1S/C16H22N6O2/c1-12-10-21(7-8-24-12)16(17)18-9-13-11-22(20-19-13)14-3-5-15(23-2)6-4-14/h3-6,11-12H,7-10H2,1-2H3,(H2,17,18). The fourth-order valence-electron chi connectivity index (χ4n) is 2.52. The molecule has 1 atom stereocenters. The SMILES string of the molecule is COc1ccc(-n2cc(CN=C(N)N3CCOC(C)C3)nn2)cc1. The average Bonchev–Trinajstić information content (AvgIpc) is 3.09. The second-order valence-corrected chi connectivity index (χ2v) is 5.65. The van der Waals surface area contributed by atoms with Crippen LogP contribution in [0.4, 0.5) is 0 Å². The van der Waals surface area contributed by atoms with Gasteiger partial charge in [0.2, 0.25) is 0 Å². The van der Waals surface area contributed by atoms with E-state index in [1.807, 2.05) is 42.3 Å². The van der Waals surface area contributed by atoms with E-state index in [2.05, 4.69) is 15.3 Å². The molecule has 0 aliphatic carbocycles. The molecule has 0 radical (unpaired) electrons. The Labute approximate surface area is 140 Å². The van der Waals surface area contributed by atoms with Gasteiger partial charge in [0.15, 0.2) is 5.96 Å². The molecule has 1 aliphatic heterocycles. The van der Waals surface area contributed by atoms with Crippen LogP contribution in [0.15, 0.2) is 35.5 Å². The Hall–Kier alpha value is -2.61. The van der Waals surface area contributed by atoms with Gasteiger partial charge in [-0.15, -0.1) is 5.10 Å². The van der Waals surface area contributed by atoms with Crippen molar-refractivity contribution >= 4 is 5.96 Å². The summed E-state index contributed by atoms with van der Waals surface area (Å²) in [6.45, 7) is 4.62. The highest BCUT2D eigenvalue weighted by molar-refractivity contribution is 5.78. The molecule has 24 heavy (non-hydrogen) atoms. The molecule has 3 rings (SSSR count). The van der Waals surface area contributed by atoms with Crippen LogP contribution in [0.2, 0.25) is 0 Å². The summed E-state index contributed by atoms with van der Waals surface area (Å²) in [5.74, 6) is 1.32. The van der Waals surface area contributed by atoms with Crippen LogP contribution >= 0.6 is 0 Å². The van der Waals surface area contributed by atoms with Gasteiger partial charge in [-0.2, -0.15) is 0 Å². The average molecular weight is 330 g/mol. The molecular weight excluding hydrogens is 308 g/mol. The number of hydrogen-bond acceptors (Lipinski definition) is 5. The van der Waals surface area contributed by atoms with Crippen LogP contribution in [0.25, 0.3) is 5.69 Å². The number of benzene rings is 1. The summed E-state index contributed by atoms with van der Waals surface area (Å²) >= 11 is 0. The molecular formula is C16H22N6O2. The predicted octanol–water partition coefficient (Wildman–Crippen LogP) is 0.811. The smallest absolute Gasteiger partial charge is 0.191 e. The minimum Gasteiger partial charge on any atom is -0.497 e. The predicted molar refractivity (Wildman–Crippen MR) is 90.2 cm³/mol. The van der Waals surface area contributed by atoms with Gasteiger partial charge in [-0.25, -0.2) is 9.67 Å². The van der Waals surface area contributed by atoms with Crippen LogP contribution in [0.5, 0.6) is 5.75 Å². The van der Waals surface area contributed by atoms with Crippen molar-refractivity contribution in [2.45, 2.75) is 19.6 Å². The van der Waals surface area contributed by atoms with Gasteiger partial charge in [-0.1, -0.05) is 5.21 Å². The molecule has 1 fully saturated rings. The number of nitrogens with zero attached hydrogens (tertiary/aromatic N) is 5. The van der Waals surface area contributed by atoms with E-state index in [0.717, 1.165) is 30.2 Å². The number of ether oxygens (including phenoxy) is 2. The first-order valence-electron chi connectivity index (χ1n) is 7.88. The van der Waals surface area contributed by atoms with Crippen molar-refractivity contribution in [2.75, 3.05) is 26.8 Å². The third-order valence-corrected chi connectivity index (χ3v) is 3.85.